The van der Waals surface area contributed by atoms with Crippen LogP contribution in [0.15, 0.2) is 0 Å². The van der Waals surface area contributed by atoms with Gasteiger partial charge in [0.1, 0.15) is 0 Å². The molecule has 0 amide bonds. The van der Waals surface area contributed by atoms with Gasteiger partial charge >= 0.3 is 0 Å². The van der Waals surface area contributed by atoms with Crippen molar-refractivity contribution in [2.45, 2.75) is 233 Å². The van der Waals surface area contributed by atoms with E-state index in [4.69, 9.17) is 0 Å². The average Bonchev–Trinajstić information content (AvgIpc) is 2.91. The SMILES string of the molecule is CCCCCCCCCCCCCCCCCCCCCCCCCCCCCCCCCC(C)CC. The van der Waals surface area contributed by atoms with Crippen LogP contribution in [0.4, 0.5) is 0 Å². The highest BCUT2D eigenvalue weighted by Gasteiger charge is 1.99. The Hall–Kier alpha value is 0. The van der Waals surface area contributed by atoms with Crippen LogP contribution < -0.4 is 0 Å². The van der Waals surface area contributed by atoms with Gasteiger partial charge in [-0.2, -0.15) is 0 Å². The Kier molecular flexibility index (Phi) is 34.0. The van der Waals surface area contributed by atoms with Crippen LogP contribution in [0.5, 0.6) is 0 Å². The number of hydrogen-bond donors (Lipinski definition) is 0. The average molecular weight is 521 g/mol. The van der Waals surface area contributed by atoms with Gasteiger partial charge in [0.05, 0.1) is 0 Å². The smallest absolute Gasteiger partial charge is 0.0445 e. The van der Waals surface area contributed by atoms with E-state index in [1.165, 1.54) is 212 Å². The first-order valence-corrected chi connectivity index (χ1v) is 18.3. The zero-order valence-electron chi connectivity index (χ0n) is 26.9. The van der Waals surface area contributed by atoms with Gasteiger partial charge in [0.2, 0.25) is 0 Å². The first kappa shape index (κ1) is 37.0. The van der Waals surface area contributed by atoms with E-state index in [1.807, 2.05) is 0 Å². The summed E-state index contributed by atoms with van der Waals surface area (Å²) >= 11 is 0. The van der Waals surface area contributed by atoms with Gasteiger partial charge in [-0.15, -0.1) is 0 Å². The first-order valence-electron chi connectivity index (χ1n) is 18.3. The molecule has 0 rings (SSSR count). The summed E-state index contributed by atoms with van der Waals surface area (Å²) in [7, 11) is 0. The molecule has 0 saturated carbocycles. The molecule has 0 aromatic heterocycles. The maximum atomic E-state index is 2.41. The van der Waals surface area contributed by atoms with Gasteiger partial charge in [-0.25, -0.2) is 0 Å². The summed E-state index contributed by atoms with van der Waals surface area (Å²) < 4.78 is 0. The topological polar surface area (TPSA) is 0 Å². The molecular weight excluding hydrogens is 444 g/mol. The third-order valence-electron chi connectivity index (χ3n) is 9.00. The Balaban J connectivity index is 3.02. The van der Waals surface area contributed by atoms with Crippen LogP contribution in [-0.4, -0.2) is 0 Å². The second-order valence-electron chi connectivity index (χ2n) is 12.9. The Bertz CT molecular complexity index is 372. The molecule has 0 heterocycles. The lowest BCUT2D eigenvalue weighted by atomic mass is 9.99. The molecule has 1 atom stereocenters. The predicted octanol–water partition coefficient (Wildman–Crippen LogP) is 14.5. The highest BCUT2D eigenvalue weighted by atomic mass is 14.1. The van der Waals surface area contributed by atoms with E-state index < -0.39 is 0 Å². The molecule has 0 N–H and O–H groups in total. The minimum atomic E-state index is 0.948. The third-order valence-corrected chi connectivity index (χ3v) is 9.00. The van der Waals surface area contributed by atoms with Crippen molar-refractivity contribution in [2.75, 3.05) is 0 Å². The van der Waals surface area contributed by atoms with E-state index in [2.05, 4.69) is 20.8 Å². The fourth-order valence-corrected chi connectivity index (χ4v) is 5.90. The summed E-state index contributed by atoms with van der Waals surface area (Å²) in [5.41, 5.74) is 0. The molecule has 0 heteroatoms. The van der Waals surface area contributed by atoms with Crippen LogP contribution in [-0.2, 0) is 0 Å². The molecule has 0 nitrogen and oxygen atoms in total. The lowest BCUT2D eigenvalue weighted by Crippen LogP contribution is -1.91. The molecule has 0 aromatic rings. The Morgan fingerprint density at radius 1 is 0.270 bits per heavy atom. The Morgan fingerprint density at radius 2 is 0.459 bits per heavy atom. The molecular formula is C37H76. The van der Waals surface area contributed by atoms with E-state index in [1.54, 1.807) is 0 Å². The third kappa shape index (κ3) is 34.0. The Morgan fingerprint density at radius 3 is 0.649 bits per heavy atom. The molecule has 0 bridgehead atoms. The van der Waals surface area contributed by atoms with E-state index in [-0.39, 0.29) is 0 Å². The zero-order valence-corrected chi connectivity index (χ0v) is 26.9. The van der Waals surface area contributed by atoms with Gasteiger partial charge < -0.3 is 0 Å². The van der Waals surface area contributed by atoms with Crippen LogP contribution in [0.1, 0.15) is 233 Å². The fraction of sp³-hybridized carbons (Fsp3) is 1.00. The highest BCUT2D eigenvalue weighted by molar-refractivity contribution is 4.54. The summed E-state index contributed by atoms with van der Waals surface area (Å²) in [6, 6.07) is 0. The molecule has 37 heavy (non-hydrogen) atoms. The summed E-state index contributed by atoms with van der Waals surface area (Å²) in [6.45, 7) is 7.04. The van der Waals surface area contributed by atoms with Crippen molar-refractivity contribution >= 4 is 0 Å². The van der Waals surface area contributed by atoms with Gasteiger partial charge in [-0.3, -0.25) is 0 Å². The van der Waals surface area contributed by atoms with Gasteiger partial charge in [-0.1, -0.05) is 233 Å². The number of unbranched alkanes of at least 4 members (excludes halogenated alkanes) is 30. The van der Waals surface area contributed by atoms with Crippen molar-refractivity contribution in [1.82, 2.24) is 0 Å². The number of hydrogen-bond acceptors (Lipinski definition) is 0. The lowest BCUT2D eigenvalue weighted by Gasteiger charge is -2.07. The minimum Gasteiger partial charge on any atom is -0.0654 e. The molecule has 0 saturated heterocycles. The van der Waals surface area contributed by atoms with Gasteiger partial charge in [0, 0.05) is 0 Å². The van der Waals surface area contributed by atoms with E-state index in [9.17, 15) is 0 Å². The molecule has 1 unspecified atom stereocenters. The van der Waals surface area contributed by atoms with Crippen LogP contribution in [0.25, 0.3) is 0 Å². The zero-order chi connectivity index (χ0) is 26.9. The van der Waals surface area contributed by atoms with Gasteiger partial charge in [0.25, 0.3) is 0 Å². The summed E-state index contributed by atoms with van der Waals surface area (Å²) in [6.07, 6.45) is 48.8. The summed E-state index contributed by atoms with van der Waals surface area (Å²) in [5.74, 6) is 0.948. The van der Waals surface area contributed by atoms with Crippen molar-refractivity contribution in [3.63, 3.8) is 0 Å². The maximum absolute atomic E-state index is 2.41. The maximum Gasteiger partial charge on any atom is -0.0445 e. The molecule has 0 aromatic carbocycles. The molecule has 0 spiro atoms. The molecule has 0 aliphatic heterocycles. The van der Waals surface area contributed by atoms with Crippen molar-refractivity contribution in [2.24, 2.45) is 5.92 Å². The van der Waals surface area contributed by atoms with Crippen molar-refractivity contribution in [3.8, 4) is 0 Å². The number of rotatable bonds is 33. The molecule has 0 aliphatic carbocycles. The van der Waals surface area contributed by atoms with Gasteiger partial charge in [0.15, 0.2) is 0 Å². The second-order valence-corrected chi connectivity index (χ2v) is 12.9. The highest BCUT2D eigenvalue weighted by Crippen LogP contribution is 2.17. The standard InChI is InChI=1S/C37H76/c1-4-6-7-8-9-10-11-12-13-14-15-16-17-18-19-20-21-22-23-24-25-26-27-28-29-30-31-32-33-34-35-36-37(3)5-2/h37H,4-36H2,1-3H3. The quantitative estimate of drug-likeness (QED) is 0.0754. The van der Waals surface area contributed by atoms with Gasteiger partial charge in [-0.05, 0) is 5.92 Å². The van der Waals surface area contributed by atoms with E-state index in [0.717, 1.165) is 5.92 Å². The molecule has 0 fully saturated rings. The Labute approximate surface area is 238 Å². The van der Waals surface area contributed by atoms with Crippen LogP contribution in [0.3, 0.4) is 0 Å². The van der Waals surface area contributed by atoms with Crippen LogP contribution >= 0.6 is 0 Å². The summed E-state index contributed by atoms with van der Waals surface area (Å²) in [5, 5.41) is 0. The normalized spacial score (nSPS) is 12.4. The summed E-state index contributed by atoms with van der Waals surface area (Å²) in [4.78, 5) is 0. The van der Waals surface area contributed by atoms with Crippen molar-refractivity contribution in [3.05, 3.63) is 0 Å². The fourth-order valence-electron chi connectivity index (χ4n) is 5.90. The minimum absolute atomic E-state index is 0.948. The van der Waals surface area contributed by atoms with Crippen LogP contribution in [0.2, 0.25) is 0 Å². The largest absolute Gasteiger partial charge is 0.0654 e. The molecule has 0 aliphatic rings. The monoisotopic (exact) mass is 521 g/mol. The second kappa shape index (κ2) is 34.0. The van der Waals surface area contributed by atoms with Crippen molar-refractivity contribution in [1.29, 1.82) is 0 Å². The molecule has 0 radical (unpaired) electrons. The van der Waals surface area contributed by atoms with E-state index >= 15 is 0 Å². The van der Waals surface area contributed by atoms with E-state index in [0.29, 0.717) is 0 Å². The van der Waals surface area contributed by atoms with Crippen LogP contribution in [0, 0.1) is 5.92 Å². The predicted molar refractivity (Wildman–Crippen MR) is 173 cm³/mol. The first-order chi connectivity index (χ1) is 18.3. The van der Waals surface area contributed by atoms with Crippen molar-refractivity contribution < 1.29 is 0 Å². The lowest BCUT2D eigenvalue weighted by molar-refractivity contribution is 0.468. The molecule has 224 valence electrons.